The highest BCUT2D eigenvalue weighted by Crippen LogP contribution is 2.19. The van der Waals surface area contributed by atoms with E-state index in [4.69, 9.17) is 0 Å². The van der Waals surface area contributed by atoms with Gasteiger partial charge in [-0.2, -0.15) is 0 Å². The van der Waals surface area contributed by atoms with Gasteiger partial charge < -0.3 is 5.32 Å². The summed E-state index contributed by atoms with van der Waals surface area (Å²) in [5.41, 5.74) is 0.643. The molecule has 1 aliphatic carbocycles. The van der Waals surface area contributed by atoms with Gasteiger partial charge in [0.15, 0.2) is 0 Å². The molecule has 1 heterocycles. The van der Waals surface area contributed by atoms with Crippen molar-refractivity contribution in [1.29, 1.82) is 0 Å². The van der Waals surface area contributed by atoms with Crippen LogP contribution in [0.3, 0.4) is 0 Å². The lowest BCUT2D eigenvalue weighted by atomic mass is 10.1. The number of amides is 1. The Bertz CT molecular complexity index is 481. The molecule has 1 aromatic heterocycles. The summed E-state index contributed by atoms with van der Waals surface area (Å²) >= 11 is 0. The maximum atomic E-state index is 12.0. The van der Waals surface area contributed by atoms with E-state index in [-0.39, 0.29) is 23.2 Å². The molecule has 1 amide bonds. The number of nitro groups is 1. The normalized spacial score (nSPS) is 15.6. The van der Waals surface area contributed by atoms with Crippen molar-refractivity contribution < 1.29 is 9.72 Å². The topological polar surface area (TPSA) is 85.1 Å². The third-order valence-corrected chi connectivity index (χ3v) is 3.22. The van der Waals surface area contributed by atoms with Gasteiger partial charge in [0, 0.05) is 12.1 Å². The summed E-state index contributed by atoms with van der Waals surface area (Å²) in [6.45, 7) is 1.67. The molecule has 0 saturated heterocycles. The first kappa shape index (κ1) is 12.5. The summed E-state index contributed by atoms with van der Waals surface area (Å²) in [5.74, 6) is -0.268. The molecule has 18 heavy (non-hydrogen) atoms. The molecule has 0 atom stereocenters. The third kappa shape index (κ3) is 2.64. The average molecular weight is 249 g/mol. The Morgan fingerprint density at radius 3 is 2.78 bits per heavy atom. The molecule has 0 aliphatic heterocycles. The van der Waals surface area contributed by atoms with E-state index >= 15 is 0 Å². The molecule has 2 rings (SSSR count). The smallest absolute Gasteiger partial charge is 0.288 e. The molecule has 1 fully saturated rings. The van der Waals surface area contributed by atoms with Gasteiger partial charge in [-0.15, -0.1) is 0 Å². The molecule has 0 bridgehead atoms. The van der Waals surface area contributed by atoms with Gasteiger partial charge in [-0.05, 0) is 19.8 Å². The van der Waals surface area contributed by atoms with Gasteiger partial charge in [0.2, 0.25) is 0 Å². The number of aryl methyl sites for hydroxylation is 1. The van der Waals surface area contributed by atoms with E-state index in [0.29, 0.717) is 5.69 Å². The van der Waals surface area contributed by atoms with Gasteiger partial charge >= 0.3 is 0 Å². The van der Waals surface area contributed by atoms with Gasteiger partial charge in [-0.3, -0.25) is 19.9 Å². The second-order valence-electron chi connectivity index (χ2n) is 4.54. The zero-order chi connectivity index (χ0) is 13.1. The zero-order valence-corrected chi connectivity index (χ0v) is 10.2. The van der Waals surface area contributed by atoms with Crippen molar-refractivity contribution in [2.75, 3.05) is 0 Å². The zero-order valence-electron chi connectivity index (χ0n) is 10.2. The summed E-state index contributed by atoms with van der Waals surface area (Å²) in [6, 6.07) is 1.48. The van der Waals surface area contributed by atoms with Crippen molar-refractivity contribution in [3.05, 3.63) is 33.6 Å². The maximum absolute atomic E-state index is 12.0. The van der Waals surface area contributed by atoms with Crippen molar-refractivity contribution in [2.45, 2.75) is 38.6 Å². The van der Waals surface area contributed by atoms with Crippen LogP contribution in [0.25, 0.3) is 0 Å². The molecule has 6 nitrogen and oxygen atoms in total. The van der Waals surface area contributed by atoms with E-state index in [1.807, 2.05) is 0 Å². The number of nitrogens with one attached hydrogen (secondary N) is 1. The molecule has 1 N–H and O–H groups in total. The Kier molecular flexibility index (Phi) is 3.55. The van der Waals surface area contributed by atoms with Gasteiger partial charge in [0.1, 0.15) is 6.20 Å². The molecular formula is C12H15N3O3. The number of aromatic nitrogens is 1. The van der Waals surface area contributed by atoms with E-state index < -0.39 is 4.92 Å². The third-order valence-electron chi connectivity index (χ3n) is 3.22. The minimum absolute atomic E-state index is 0.155. The van der Waals surface area contributed by atoms with E-state index in [0.717, 1.165) is 25.7 Å². The predicted molar refractivity (Wildman–Crippen MR) is 65.4 cm³/mol. The van der Waals surface area contributed by atoms with Crippen LogP contribution in [0.2, 0.25) is 0 Å². The SMILES string of the molecule is Cc1ncc([N+](=O)[O-])cc1C(=O)NC1CCCC1. The number of hydrogen-bond donors (Lipinski definition) is 1. The number of rotatable bonds is 3. The van der Waals surface area contributed by atoms with Crippen LogP contribution in [0.1, 0.15) is 41.7 Å². The summed E-state index contributed by atoms with van der Waals surface area (Å²) in [6.07, 6.45) is 5.37. The highest BCUT2D eigenvalue weighted by Gasteiger charge is 2.21. The first-order chi connectivity index (χ1) is 8.58. The van der Waals surface area contributed by atoms with Gasteiger partial charge in [0.25, 0.3) is 11.6 Å². The van der Waals surface area contributed by atoms with Crippen LogP contribution in [0.15, 0.2) is 12.3 Å². The van der Waals surface area contributed by atoms with Crippen molar-refractivity contribution in [3.63, 3.8) is 0 Å². The molecule has 0 unspecified atom stereocenters. The number of carbonyl (C=O) groups excluding carboxylic acids is 1. The van der Waals surface area contributed by atoms with Crippen molar-refractivity contribution in [3.8, 4) is 0 Å². The summed E-state index contributed by atoms with van der Waals surface area (Å²) < 4.78 is 0. The molecular weight excluding hydrogens is 234 g/mol. The Labute approximate surface area is 105 Å². The molecule has 1 aliphatic rings. The average Bonchev–Trinajstić information content (AvgIpc) is 2.81. The van der Waals surface area contributed by atoms with Crippen LogP contribution < -0.4 is 5.32 Å². The van der Waals surface area contributed by atoms with Crippen LogP contribution >= 0.6 is 0 Å². The predicted octanol–water partition coefficient (Wildman–Crippen LogP) is 1.97. The van der Waals surface area contributed by atoms with E-state index in [1.54, 1.807) is 6.92 Å². The Balaban J connectivity index is 2.17. The maximum Gasteiger partial charge on any atom is 0.288 e. The van der Waals surface area contributed by atoms with Crippen LogP contribution in [0, 0.1) is 17.0 Å². The second-order valence-corrected chi connectivity index (χ2v) is 4.54. The number of pyridine rings is 1. The largest absolute Gasteiger partial charge is 0.349 e. The van der Waals surface area contributed by atoms with E-state index in [9.17, 15) is 14.9 Å². The van der Waals surface area contributed by atoms with Crippen LogP contribution in [-0.4, -0.2) is 21.9 Å². The molecule has 1 saturated carbocycles. The lowest BCUT2D eigenvalue weighted by molar-refractivity contribution is -0.385. The minimum atomic E-state index is -0.543. The Morgan fingerprint density at radius 1 is 1.50 bits per heavy atom. The van der Waals surface area contributed by atoms with Gasteiger partial charge in [-0.1, -0.05) is 12.8 Å². The first-order valence-electron chi connectivity index (χ1n) is 6.00. The van der Waals surface area contributed by atoms with E-state index in [2.05, 4.69) is 10.3 Å². The summed E-state index contributed by atoms with van der Waals surface area (Å²) in [7, 11) is 0. The molecule has 0 spiro atoms. The van der Waals surface area contributed by atoms with Crippen LogP contribution in [-0.2, 0) is 0 Å². The highest BCUT2D eigenvalue weighted by atomic mass is 16.6. The monoisotopic (exact) mass is 249 g/mol. The van der Waals surface area contributed by atoms with Crippen molar-refractivity contribution in [1.82, 2.24) is 10.3 Å². The summed E-state index contributed by atoms with van der Waals surface area (Å²) in [4.78, 5) is 26.0. The highest BCUT2D eigenvalue weighted by molar-refractivity contribution is 5.95. The molecule has 6 heteroatoms. The Hall–Kier alpha value is -1.98. The minimum Gasteiger partial charge on any atom is -0.349 e. The molecule has 96 valence electrons. The fourth-order valence-corrected chi connectivity index (χ4v) is 2.19. The number of nitrogens with zero attached hydrogens (tertiary/aromatic N) is 2. The van der Waals surface area contributed by atoms with Gasteiger partial charge in [-0.25, -0.2) is 0 Å². The fraction of sp³-hybridized carbons (Fsp3) is 0.500. The van der Waals surface area contributed by atoms with E-state index in [1.165, 1.54) is 12.3 Å². The Morgan fingerprint density at radius 2 is 2.17 bits per heavy atom. The van der Waals surface area contributed by atoms with Crippen molar-refractivity contribution in [2.24, 2.45) is 0 Å². The fourth-order valence-electron chi connectivity index (χ4n) is 2.19. The first-order valence-corrected chi connectivity index (χ1v) is 6.00. The lowest BCUT2D eigenvalue weighted by Crippen LogP contribution is -2.33. The number of hydrogen-bond acceptors (Lipinski definition) is 4. The van der Waals surface area contributed by atoms with Gasteiger partial charge in [0.05, 0.1) is 16.2 Å². The second kappa shape index (κ2) is 5.12. The molecule has 0 aromatic carbocycles. The standard InChI is InChI=1S/C12H15N3O3/c1-8-11(6-10(7-13-8)15(17)18)12(16)14-9-4-2-3-5-9/h6-7,9H,2-5H2,1H3,(H,14,16). The lowest BCUT2D eigenvalue weighted by Gasteiger charge is -2.12. The number of carbonyl (C=O) groups is 1. The van der Waals surface area contributed by atoms with Crippen LogP contribution in [0.4, 0.5) is 5.69 Å². The quantitative estimate of drug-likeness (QED) is 0.655. The van der Waals surface area contributed by atoms with Crippen LogP contribution in [0.5, 0.6) is 0 Å². The molecule has 0 radical (unpaired) electrons. The summed E-state index contributed by atoms with van der Waals surface area (Å²) in [5, 5.41) is 13.6. The molecule has 1 aromatic rings. The van der Waals surface area contributed by atoms with Crippen molar-refractivity contribution >= 4 is 11.6 Å².